The number of aliphatic hydroxyl groups is 5. The standard InChI is InChI=1S/C33H56O6/c1-19(16-27-29(36)31(38)30(37)28(18-34)39-27)6-5-7-20(2)24-10-11-25-23-9-8-21-17-22(35)12-14-32(21,3)26(23)13-15-33(24,25)4/h8,19-20,22-31,34-38H,5-7,9-18H2,1-4H3/t19?,20-,22+,23+,24-,25+,26+,27+,28-,29+,30+,31-,32+,33-/m1/s1. The van der Waals surface area contributed by atoms with Crippen molar-refractivity contribution in [3.05, 3.63) is 11.6 Å². The maximum absolute atomic E-state index is 10.4. The van der Waals surface area contributed by atoms with Gasteiger partial charge >= 0.3 is 0 Å². The summed E-state index contributed by atoms with van der Waals surface area (Å²) in [5, 5.41) is 50.4. The van der Waals surface area contributed by atoms with Crippen LogP contribution in [0.25, 0.3) is 0 Å². The zero-order chi connectivity index (χ0) is 28.1. The second kappa shape index (κ2) is 11.6. The zero-order valence-corrected chi connectivity index (χ0v) is 24.8. The molecule has 0 aromatic heterocycles. The Labute approximate surface area is 236 Å². The third-order valence-corrected chi connectivity index (χ3v) is 12.8. The Morgan fingerprint density at radius 1 is 0.897 bits per heavy atom. The Morgan fingerprint density at radius 2 is 1.64 bits per heavy atom. The lowest BCUT2D eigenvalue weighted by atomic mass is 9.47. The number of allylic oxidation sites excluding steroid dienone is 1. The summed E-state index contributed by atoms with van der Waals surface area (Å²) < 4.78 is 5.74. The van der Waals surface area contributed by atoms with Crippen molar-refractivity contribution in [2.24, 2.45) is 46.3 Å². The molecule has 1 aliphatic heterocycles. The summed E-state index contributed by atoms with van der Waals surface area (Å²) in [6, 6.07) is 0. The first kappa shape index (κ1) is 30.0. The molecule has 4 aliphatic carbocycles. The lowest BCUT2D eigenvalue weighted by Gasteiger charge is -2.58. The van der Waals surface area contributed by atoms with Gasteiger partial charge in [0.05, 0.1) is 18.8 Å². The molecule has 0 spiro atoms. The number of hydrogen-bond donors (Lipinski definition) is 5. The maximum Gasteiger partial charge on any atom is 0.111 e. The Hall–Kier alpha value is -0.500. The molecule has 5 N–H and O–H groups in total. The van der Waals surface area contributed by atoms with Crippen molar-refractivity contribution in [1.29, 1.82) is 0 Å². The molecule has 1 heterocycles. The molecule has 1 unspecified atom stereocenters. The van der Waals surface area contributed by atoms with Crippen molar-refractivity contribution in [3.63, 3.8) is 0 Å². The van der Waals surface area contributed by atoms with Crippen molar-refractivity contribution in [2.45, 2.75) is 141 Å². The molecule has 3 saturated carbocycles. The zero-order valence-electron chi connectivity index (χ0n) is 24.8. The van der Waals surface area contributed by atoms with Crippen LogP contribution in [0.3, 0.4) is 0 Å². The number of aliphatic hydroxyl groups excluding tert-OH is 5. The summed E-state index contributed by atoms with van der Waals surface area (Å²) in [6.07, 6.45) is 11.1. The van der Waals surface area contributed by atoms with Gasteiger partial charge in [-0.25, -0.2) is 0 Å². The molecule has 39 heavy (non-hydrogen) atoms. The minimum Gasteiger partial charge on any atom is -0.394 e. The van der Waals surface area contributed by atoms with Gasteiger partial charge in [0, 0.05) is 0 Å². The normalized spacial score (nSPS) is 49.4. The summed E-state index contributed by atoms with van der Waals surface area (Å²) in [7, 11) is 0. The first-order valence-electron chi connectivity index (χ1n) is 16.2. The van der Waals surface area contributed by atoms with Gasteiger partial charge in [-0.3, -0.25) is 0 Å². The molecule has 6 nitrogen and oxygen atoms in total. The van der Waals surface area contributed by atoms with Gasteiger partial charge in [0.25, 0.3) is 0 Å². The molecule has 4 fully saturated rings. The first-order valence-corrected chi connectivity index (χ1v) is 16.2. The van der Waals surface area contributed by atoms with E-state index in [-0.39, 0.29) is 12.7 Å². The van der Waals surface area contributed by atoms with E-state index < -0.39 is 30.5 Å². The van der Waals surface area contributed by atoms with E-state index in [4.69, 9.17) is 4.74 Å². The summed E-state index contributed by atoms with van der Waals surface area (Å²) in [6.45, 7) is 9.43. The van der Waals surface area contributed by atoms with Crippen molar-refractivity contribution >= 4 is 0 Å². The monoisotopic (exact) mass is 548 g/mol. The predicted molar refractivity (Wildman–Crippen MR) is 152 cm³/mol. The molecule has 0 bridgehead atoms. The fourth-order valence-corrected chi connectivity index (χ4v) is 10.5. The minimum atomic E-state index is -1.28. The van der Waals surface area contributed by atoms with E-state index in [2.05, 4.69) is 33.8 Å². The Kier molecular flexibility index (Phi) is 8.95. The second-order valence-corrected chi connectivity index (χ2v) is 15.0. The van der Waals surface area contributed by atoms with Crippen LogP contribution in [0.5, 0.6) is 0 Å². The molecular weight excluding hydrogens is 492 g/mol. The average molecular weight is 549 g/mol. The quantitative estimate of drug-likeness (QED) is 0.284. The third-order valence-electron chi connectivity index (χ3n) is 12.8. The minimum absolute atomic E-state index is 0.133. The summed E-state index contributed by atoms with van der Waals surface area (Å²) >= 11 is 0. The smallest absolute Gasteiger partial charge is 0.111 e. The Morgan fingerprint density at radius 3 is 2.38 bits per heavy atom. The van der Waals surface area contributed by atoms with Crippen LogP contribution >= 0.6 is 0 Å². The van der Waals surface area contributed by atoms with E-state index >= 15 is 0 Å². The van der Waals surface area contributed by atoms with Crippen molar-refractivity contribution in [3.8, 4) is 0 Å². The van der Waals surface area contributed by atoms with Gasteiger partial charge in [-0.15, -0.1) is 0 Å². The van der Waals surface area contributed by atoms with Gasteiger partial charge in [-0.1, -0.05) is 58.6 Å². The molecule has 5 rings (SSSR count). The van der Waals surface area contributed by atoms with Crippen LogP contribution in [0.4, 0.5) is 0 Å². The van der Waals surface area contributed by atoms with Gasteiger partial charge in [0.15, 0.2) is 0 Å². The van der Waals surface area contributed by atoms with Gasteiger partial charge in [0.1, 0.15) is 24.4 Å². The molecule has 0 amide bonds. The van der Waals surface area contributed by atoms with Crippen LogP contribution in [-0.4, -0.2) is 68.8 Å². The fourth-order valence-electron chi connectivity index (χ4n) is 10.5. The van der Waals surface area contributed by atoms with Gasteiger partial charge in [0.2, 0.25) is 0 Å². The highest BCUT2D eigenvalue weighted by atomic mass is 16.5. The van der Waals surface area contributed by atoms with E-state index in [1.165, 1.54) is 38.5 Å². The Balaban J connectivity index is 1.14. The van der Waals surface area contributed by atoms with Crippen molar-refractivity contribution < 1.29 is 30.3 Å². The molecule has 5 aliphatic rings. The van der Waals surface area contributed by atoms with Crippen LogP contribution in [0.1, 0.15) is 105 Å². The van der Waals surface area contributed by atoms with E-state index in [0.29, 0.717) is 29.1 Å². The number of rotatable bonds is 8. The molecule has 224 valence electrons. The molecule has 6 heteroatoms. The highest BCUT2D eigenvalue weighted by molar-refractivity contribution is 5.25. The van der Waals surface area contributed by atoms with Crippen LogP contribution in [-0.2, 0) is 4.74 Å². The van der Waals surface area contributed by atoms with Crippen molar-refractivity contribution in [1.82, 2.24) is 0 Å². The summed E-state index contributed by atoms with van der Waals surface area (Å²) in [5.74, 6) is 4.25. The number of fused-ring (bicyclic) bond motifs is 5. The summed E-state index contributed by atoms with van der Waals surface area (Å²) in [4.78, 5) is 0. The second-order valence-electron chi connectivity index (χ2n) is 15.0. The predicted octanol–water partition coefficient (Wildman–Crippen LogP) is 4.60. The fraction of sp³-hybridized carbons (Fsp3) is 0.939. The first-order chi connectivity index (χ1) is 18.5. The summed E-state index contributed by atoms with van der Waals surface area (Å²) in [5.41, 5.74) is 2.31. The van der Waals surface area contributed by atoms with Crippen LogP contribution in [0.15, 0.2) is 11.6 Å². The average Bonchev–Trinajstić information content (AvgIpc) is 3.26. The lowest BCUT2D eigenvalue weighted by Crippen LogP contribution is -2.58. The molecular formula is C33H56O6. The van der Waals surface area contributed by atoms with E-state index in [1.54, 1.807) is 5.57 Å². The highest BCUT2D eigenvalue weighted by Gasteiger charge is 2.59. The van der Waals surface area contributed by atoms with Crippen molar-refractivity contribution in [2.75, 3.05) is 6.61 Å². The highest BCUT2D eigenvalue weighted by Crippen LogP contribution is 2.67. The van der Waals surface area contributed by atoms with Gasteiger partial charge < -0.3 is 30.3 Å². The van der Waals surface area contributed by atoms with E-state index in [0.717, 1.165) is 55.8 Å². The largest absolute Gasteiger partial charge is 0.394 e. The molecule has 0 aromatic carbocycles. The van der Waals surface area contributed by atoms with Crippen LogP contribution in [0, 0.1) is 46.3 Å². The van der Waals surface area contributed by atoms with E-state index in [9.17, 15) is 25.5 Å². The molecule has 1 saturated heterocycles. The Bertz CT molecular complexity index is 874. The third kappa shape index (κ3) is 5.41. The molecule has 14 atom stereocenters. The van der Waals surface area contributed by atoms with Crippen LogP contribution < -0.4 is 0 Å². The number of hydrogen-bond acceptors (Lipinski definition) is 6. The number of ether oxygens (including phenoxy) is 1. The SMILES string of the molecule is CC(CCC[C@@H](C)[C@H]1CC[C@H]2[C@@H]3CC=C4C[C@@H](O)CC[C@]4(C)[C@H]3CC[C@]12C)C[C@@H]1O[C@H](CO)[C@H](O)[C@H](O)[C@H]1O. The van der Waals surface area contributed by atoms with Gasteiger partial charge in [-0.2, -0.15) is 0 Å². The molecule has 0 radical (unpaired) electrons. The van der Waals surface area contributed by atoms with Crippen LogP contribution in [0.2, 0.25) is 0 Å². The van der Waals surface area contributed by atoms with E-state index in [1.807, 2.05) is 0 Å². The van der Waals surface area contributed by atoms with Gasteiger partial charge in [-0.05, 0) is 104 Å². The maximum atomic E-state index is 10.4. The topological polar surface area (TPSA) is 110 Å². The lowest BCUT2D eigenvalue weighted by molar-refractivity contribution is -0.232. The molecule has 0 aromatic rings.